The molecule has 1 aromatic carbocycles. The molecule has 0 bridgehead atoms. The maximum atomic E-state index is 14.3. The molecule has 3 N–H and O–H groups in total. The second-order valence-corrected chi connectivity index (χ2v) is 9.75. The molecule has 9 nitrogen and oxygen atoms in total. The van der Waals surface area contributed by atoms with Gasteiger partial charge in [0.1, 0.15) is 12.1 Å². The van der Waals surface area contributed by atoms with E-state index in [0.717, 1.165) is 50.5 Å². The fraction of sp³-hybridized carbons (Fsp3) is 0.667. The molecule has 1 aliphatic carbocycles. The predicted molar refractivity (Wildman–Crippen MR) is 136 cm³/mol. The van der Waals surface area contributed by atoms with Crippen molar-refractivity contribution in [2.45, 2.75) is 82.7 Å². The summed E-state index contributed by atoms with van der Waals surface area (Å²) in [6.07, 6.45) is 7.81. The van der Waals surface area contributed by atoms with E-state index in [1.54, 1.807) is 33.2 Å². The van der Waals surface area contributed by atoms with Crippen LogP contribution in [0.1, 0.15) is 76.2 Å². The van der Waals surface area contributed by atoms with Gasteiger partial charge in [-0.3, -0.25) is 14.4 Å². The highest BCUT2D eigenvalue weighted by Gasteiger charge is 2.40. The summed E-state index contributed by atoms with van der Waals surface area (Å²) >= 11 is 0. The number of nitrogens with zero attached hydrogens (tertiary/aromatic N) is 1. The van der Waals surface area contributed by atoms with Crippen LogP contribution < -0.4 is 25.3 Å². The molecular weight excluding hydrogens is 462 g/mol. The number of carbonyl (C=O) groups excluding carboxylic acids is 3. The molecule has 1 aromatic rings. The SMILES string of the molecule is CC[C@@H](NC(=O)C1CCCCN1C(=O)C(c1cc(OC)c(OC)c(OC)c1)C1CCCCC1)C(N)=O. The number of benzene rings is 1. The second-order valence-electron chi connectivity index (χ2n) is 9.75. The first-order valence-corrected chi connectivity index (χ1v) is 13.1. The molecule has 1 heterocycles. The van der Waals surface area contributed by atoms with Crippen molar-refractivity contribution in [3.63, 3.8) is 0 Å². The number of hydrogen-bond acceptors (Lipinski definition) is 6. The van der Waals surface area contributed by atoms with Crippen LogP contribution in [0.4, 0.5) is 0 Å². The van der Waals surface area contributed by atoms with Gasteiger partial charge in [-0.05, 0) is 62.1 Å². The maximum Gasteiger partial charge on any atom is 0.243 e. The third-order valence-electron chi connectivity index (χ3n) is 7.59. The lowest BCUT2D eigenvalue weighted by Gasteiger charge is -2.40. The molecule has 0 spiro atoms. The molecule has 3 rings (SSSR count). The number of nitrogens with one attached hydrogen (secondary N) is 1. The van der Waals surface area contributed by atoms with Crippen molar-refractivity contribution in [1.29, 1.82) is 0 Å². The van der Waals surface area contributed by atoms with Gasteiger partial charge in [-0.15, -0.1) is 0 Å². The van der Waals surface area contributed by atoms with Crippen LogP contribution in [0.5, 0.6) is 17.2 Å². The van der Waals surface area contributed by atoms with E-state index in [1.165, 1.54) is 0 Å². The minimum Gasteiger partial charge on any atom is -0.493 e. The van der Waals surface area contributed by atoms with Crippen LogP contribution in [0.25, 0.3) is 0 Å². The van der Waals surface area contributed by atoms with Crippen molar-refractivity contribution < 1.29 is 28.6 Å². The topological polar surface area (TPSA) is 120 Å². The van der Waals surface area contributed by atoms with Crippen molar-refractivity contribution in [2.24, 2.45) is 11.7 Å². The highest BCUT2D eigenvalue weighted by molar-refractivity contribution is 5.93. The molecular formula is C27H41N3O6. The first kappa shape index (κ1) is 27.6. The van der Waals surface area contributed by atoms with Gasteiger partial charge in [-0.1, -0.05) is 26.2 Å². The van der Waals surface area contributed by atoms with Gasteiger partial charge >= 0.3 is 0 Å². The number of carbonyl (C=O) groups is 3. The summed E-state index contributed by atoms with van der Waals surface area (Å²) in [5, 5.41) is 2.77. The average molecular weight is 504 g/mol. The lowest BCUT2D eigenvalue weighted by Crippen LogP contribution is -2.56. The maximum absolute atomic E-state index is 14.3. The summed E-state index contributed by atoms with van der Waals surface area (Å²) in [5.41, 5.74) is 6.25. The third kappa shape index (κ3) is 6.05. The zero-order valence-corrected chi connectivity index (χ0v) is 22.0. The molecule has 2 unspecified atom stereocenters. The van der Waals surface area contributed by atoms with Gasteiger partial charge in [0.25, 0.3) is 0 Å². The van der Waals surface area contributed by atoms with Crippen LogP contribution in [0, 0.1) is 5.92 Å². The fourth-order valence-corrected chi connectivity index (χ4v) is 5.65. The summed E-state index contributed by atoms with van der Waals surface area (Å²) in [4.78, 5) is 41.0. The van der Waals surface area contributed by atoms with Gasteiger partial charge in [0, 0.05) is 6.54 Å². The predicted octanol–water partition coefficient (Wildman–Crippen LogP) is 3.14. The molecule has 1 saturated heterocycles. The Hall–Kier alpha value is -2.97. The van der Waals surface area contributed by atoms with E-state index in [9.17, 15) is 14.4 Å². The van der Waals surface area contributed by atoms with Crippen LogP contribution in [-0.2, 0) is 14.4 Å². The summed E-state index contributed by atoms with van der Waals surface area (Å²) in [7, 11) is 4.68. The van der Waals surface area contributed by atoms with E-state index in [4.69, 9.17) is 19.9 Å². The molecule has 200 valence electrons. The van der Waals surface area contributed by atoms with Gasteiger partial charge in [0.2, 0.25) is 23.5 Å². The number of nitrogens with two attached hydrogens (primary N) is 1. The molecule has 3 amide bonds. The summed E-state index contributed by atoms with van der Waals surface area (Å²) in [5.74, 6) is 0.229. The Bertz CT molecular complexity index is 905. The van der Waals surface area contributed by atoms with Gasteiger partial charge in [0.15, 0.2) is 11.5 Å². The fourth-order valence-electron chi connectivity index (χ4n) is 5.65. The molecule has 0 aromatic heterocycles. The van der Waals surface area contributed by atoms with E-state index < -0.39 is 23.9 Å². The van der Waals surface area contributed by atoms with Crippen molar-refractivity contribution in [3.8, 4) is 17.2 Å². The Balaban J connectivity index is 1.99. The Morgan fingerprint density at radius 1 is 0.972 bits per heavy atom. The van der Waals surface area contributed by atoms with Crippen LogP contribution in [0.15, 0.2) is 12.1 Å². The quantitative estimate of drug-likeness (QED) is 0.506. The first-order valence-electron chi connectivity index (χ1n) is 13.1. The summed E-state index contributed by atoms with van der Waals surface area (Å²) in [6.45, 7) is 2.29. The van der Waals surface area contributed by atoms with Gasteiger partial charge in [-0.2, -0.15) is 0 Å². The smallest absolute Gasteiger partial charge is 0.243 e. The van der Waals surface area contributed by atoms with E-state index in [0.29, 0.717) is 36.6 Å². The Morgan fingerprint density at radius 3 is 2.11 bits per heavy atom. The number of ether oxygens (including phenoxy) is 3. The van der Waals surface area contributed by atoms with Gasteiger partial charge < -0.3 is 30.2 Å². The van der Waals surface area contributed by atoms with Crippen molar-refractivity contribution in [1.82, 2.24) is 10.2 Å². The number of likely N-dealkylation sites (tertiary alicyclic amines) is 1. The number of amides is 3. The minimum atomic E-state index is -0.749. The number of methoxy groups -OCH3 is 3. The molecule has 1 saturated carbocycles. The average Bonchev–Trinajstić information content (AvgIpc) is 2.91. The van der Waals surface area contributed by atoms with Gasteiger partial charge in [0.05, 0.1) is 27.2 Å². The van der Waals surface area contributed by atoms with E-state index >= 15 is 0 Å². The van der Waals surface area contributed by atoms with E-state index in [2.05, 4.69) is 5.32 Å². The van der Waals surface area contributed by atoms with E-state index in [1.807, 2.05) is 12.1 Å². The monoisotopic (exact) mass is 503 g/mol. The highest BCUT2D eigenvalue weighted by atomic mass is 16.5. The number of piperidine rings is 1. The second kappa shape index (κ2) is 12.8. The third-order valence-corrected chi connectivity index (χ3v) is 7.59. The molecule has 0 radical (unpaired) electrons. The summed E-state index contributed by atoms with van der Waals surface area (Å²) < 4.78 is 16.7. The number of primary amides is 1. The Labute approximate surface area is 214 Å². The van der Waals surface area contributed by atoms with Crippen LogP contribution in [0.3, 0.4) is 0 Å². The minimum absolute atomic E-state index is 0.0665. The molecule has 2 aliphatic rings. The zero-order valence-electron chi connectivity index (χ0n) is 22.0. The van der Waals surface area contributed by atoms with Crippen LogP contribution in [-0.4, -0.2) is 62.6 Å². The van der Waals surface area contributed by atoms with Crippen molar-refractivity contribution in [3.05, 3.63) is 17.7 Å². The van der Waals surface area contributed by atoms with Gasteiger partial charge in [-0.25, -0.2) is 0 Å². The lowest BCUT2D eigenvalue weighted by atomic mass is 9.75. The lowest BCUT2D eigenvalue weighted by molar-refractivity contribution is -0.145. The standard InChI is InChI=1S/C27H41N3O6/c1-5-19(25(28)31)29-26(32)20-13-9-10-14-30(20)27(33)23(17-11-7-6-8-12-17)18-15-21(34-2)24(36-4)22(16-18)35-3/h15-17,19-20,23H,5-14H2,1-4H3,(H2,28,31)(H,29,32)/t19-,20?,23?/m1/s1. The number of rotatable bonds is 10. The largest absolute Gasteiger partial charge is 0.493 e. The van der Waals surface area contributed by atoms with Crippen LogP contribution >= 0.6 is 0 Å². The zero-order chi connectivity index (χ0) is 26.2. The van der Waals surface area contributed by atoms with Crippen LogP contribution in [0.2, 0.25) is 0 Å². The van der Waals surface area contributed by atoms with Crippen molar-refractivity contribution in [2.75, 3.05) is 27.9 Å². The molecule has 9 heteroatoms. The molecule has 36 heavy (non-hydrogen) atoms. The highest BCUT2D eigenvalue weighted by Crippen LogP contribution is 2.45. The van der Waals surface area contributed by atoms with E-state index in [-0.39, 0.29) is 17.7 Å². The Kier molecular flexibility index (Phi) is 9.84. The molecule has 3 atom stereocenters. The normalized spacial score (nSPS) is 20.2. The Morgan fingerprint density at radius 2 is 1.58 bits per heavy atom. The molecule has 2 fully saturated rings. The first-order chi connectivity index (χ1) is 17.4. The van der Waals surface area contributed by atoms with Crippen molar-refractivity contribution >= 4 is 17.7 Å². The molecule has 1 aliphatic heterocycles. The summed E-state index contributed by atoms with van der Waals surface area (Å²) in [6, 6.07) is 2.34. The number of hydrogen-bond donors (Lipinski definition) is 2.